The highest BCUT2D eigenvalue weighted by atomic mass is 19.2. The summed E-state index contributed by atoms with van der Waals surface area (Å²) in [6.07, 6.45) is 0.0466. The van der Waals surface area contributed by atoms with Gasteiger partial charge in [-0.25, -0.2) is 8.78 Å². The van der Waals surface area contributed by atoms with Crippen molar-refractivity contribution in [3.8, 4) is 0 Å². The highest BCUT2D eigenvalue weighted by molar-refractivity contribution is 5.25. The maximum atomic E-state index is 13.8. The van der Waals surface area contributed by atoms with Crippen LogP contribution < -0.4 is 0 Å². The topological polar surface area (TPSA) is 43.7 Å². The van der Waals surface area contributed by atoms with Gasteiger partial charge in [0.2, 0.25) is 0 Å². The third kappa shape index (κ3) is 3.11. The molecule has 2 rings (SSSR count). The van der Waals surface area contributed by atoms with E-state index in [4.69, 9.17) is 5.11 Å². The van der Waals surface area contributed by atoms with Crippen LogP contribution in [0, 0.1) is 24.5 Å². The SMILES string of the molecule is Cc1ccc(CN2CC[C@H](CO)[C@@H](O)C2)c(F)c1F. The van der Waals surface area contributed by atoms with Gasteiger partial charge >= 0.3 is 0 Å². The van der Waals surface area contributed by atoms with Crippen LogP contribution in [-0.2, 0) is 6.54 Å². The molecule has 19 heavy (non-hydrogen) atoms. The lowest BCUT2D eigenvalue weighted by Crippen LogP contribution is -2.44. The zero-order valence-corrected chi connectivity index (χ0v) is 10.9. The zero-order chi connectivity index (χ0) is 14.0. The number of rotatable bonds is 3. The smallest absolute Gasteiger partial charge is 0.163 e. The van der Waals surface area contributed by atoms with Crippen molar-refractivity contribution in [1.29, 1.82) is 0 Å². The highest BCUT2D eigenvalue weighted by Crippen LogP contribution is 2.22. The molecule has 0 saturated carbocycles. The fraction of sp³-hybridized carbons (Fsp3) is 0.571. The molecule has 1 aromatic rings. The molecule has 1 aliphatic rings. The summed E-state index contributed by atoms with van der Waals surface area (Å²) in [7, 11) is 0. The fourth-order valence-electron chi connectivity index (χ4n) is 2.45. The van der Waals surface area contributed by atoms with Gasteiger partial charge < -0.3 is 10.2 Å². The molecule has 0 amide bonds. The lowest BCUT2D eigenvalue weighted by Gasteiger charge is -2.35. The number of likely N-dealkylation sites (tertiary alicyclic amines) is 1. The third-order valence-corrected chi connectivity index (χ3v) is 3.79. The molecule has 106 valence electrons. The van der Waals surface area contributed by atoms with Crippen molar-refractivity contribution in [3.63, 3.8) is 0 Å². The number of hydrogen-bond acceptors (Lipinski definition) is 3. The van der Waals surface area contributed by atoms with Crippen molar-refractivity contribution in [1.82, 2.24) is 4.90 Å². The largest absolute Gasteiger partial charge is 0.396 e. The molecular weight excluding hydrogens is 252 g/mol. The van der Waals surface area contributed by atoms with Crippen molar-refractivity contribution >= 4 is 0 Å². The van der Waals surface area contributed by atoms with E-state index in [1.165, 1.54) is 6.92 Å². The Morgan fingerprint density at radius 2 is 2.05 bits per heavy atom. The molecule has 2 N–H and O–H groups in total. The van der Waals surface area contributed by atoms with Crippen LogP contribution in [0.5, 0.6) is 0 Å². The minimum atomic E-state index is -0.807. The first-order valence-corrected chi connectivity index (χ1v) is 6.47. The number of piperidine rings is 1. The molecule has 1 fully saturated rings. The Morgan fingerprint density at radius 3 is 2.68 bits per heavy atom. The van der Waals surface area contributed by atoms with Crippen molar-refractivity contribution in [2.45, 2.75) is 26.0 Å². The van der Waals surface area contributed by atoms with E-state index in [0.29, 0.717) is 30.6 Å². The summed E-state index contributed by atoms with van der Waals surface area (Å²) < 4.78 is 27.2. The normalized spacial score (nSPS) is 24.7. The van der Waals surface area contributed by atoms with Gasteiger partial charge in [-0.15, -0.1) is 0 Å². The van der Waals surface area contributed by atoms with E-state index >= 15 is 0 Å². The average Bonchev–Trinajstić information content (AvgIpc) is 2.40. The molecule has 0 aliphatic carbocycles. The quantitative estimate of drug-likeness (QED) is 0.874. The van der Waals surface area contributed by atoms with Crippen LogP contribution in [0.1, 0.15) is 17.5 Å². The number of halogens is 2. The monoisotopic (exact) mass is 271 g/mol. The van der Waals surface area contributed by atoms with Gasteiger partial charge in [0.05, 0.1) is 6.10 Å². The molecule has 3 nitrogen and oxygen atoms in total. The molecule has 0 bridgehead atoms. The van der Waals surface area contributed by atoms with Gasteiger partial charge in [0.15, 0.2) is 11.6 Å². The van der Waals surface area contributed by atoms with E-state index in [9.17, 15) is 13.9 Å². The number of hydrogen-bond donors (Lipinski definition) is 2. The Bertz CT molecular complexity index is 453. The van der Waals surface area contributed by atoms with Crippen molar-refractivity contribution in [2.75, 3.05) is 19.7 Å². The molecule has 2 atom stereocenters. The van der Waals surface area contributed by atoms with Crippen LogP contribution >= 0.6 is 0 Å². The molecule has 0 aromatic heterocycles. The molecule has 0 spiro atoms. The van der Waals surface area contributed by atoms with Gasteiger partial charge in [-0.3, -0.25) is 4.90 Å². The third-order valence-electron chi connectivity index (χ3n) is 3.79. The standard InChI is InChI=1S/C14H19F2NO2/c1-9-2-3-10(14(16)13(9)15)6-17-5-4-11(8-18)12(19)7-17/h2-3,11-12,18-19H,4-8H2,1H3/t11-,12+/m1/s1. The van der Waals surface area contributed by atoms with Crippen LogP contribution in [0.4, 0.5) is 8.78 Å². The zero-order valence-electron chi connectivity index (χ0n) is 10.9. The number of aryl methyl sites for hydroxylation is 1. The number of benzene rings is 1. The number of aliphatic hydroxyl groups is 2. The molecule has 0 radical (unpaired) electrons. The predicted molar refractivity (Wildman–Crippen MR) is 67.6 cm³/mol. The molecular formula is C14H19F2NO2. The lowest BCUT2D eigenvalue weighted by atomic mass is 9.94. The predicted octanol–water partition coefficient (Wildman–Crippen LogP) is 1.45. The van der Waals surface area contributed by atoms with Gasteiger partial charge in [-0.1, -0.05) is 12.1 Å². The number of β-amino-alcohol motifs (C(OH)–C–C–N with tert-alkyl or cyclic N) is 1. The Kier molecular flexibility index (Phi) is 4.50. The lowest BCUT2D eigenvalue weighted by molar-refractivity contribution is -0.00478. The first-order chi connectivity index (χ1) is 9.02. The van der Waals surface area contributed by atoms with Crippen LogP contribution in [-0.4, -0.2) is 40.9 Å². The minimum absolute atomic E-state index is 0.0392. The van der Waals surface area contributed by atoms with Gasteiger partial charge in [0, 0.05) is 31.2 Å². The van der Waals surface area contributed by atoms with Crippen LogP contribution in [0.15, 0.2) is 12.1 Å². The van der Waals surface area contributed by atoms with E-state index in [0.717, 1.165) is 0 Å². The summed E-state index contributed by atoms with van der Waals surface area (Å²) in [6.45, 7) is 2.80. The average molecular weight is 271 g/mol. The Hall–Kier alpha value is -1.04. The van der Waals surface area contributed by atoms with Gasteiger partial charge in [0.1, 0.15) is 0 Å². The maximum Gasteiger partial charge on any atom is 0.163 e. The number of nitrogens with zero attached hydrogens (tertiary/aromatic N) is 1. The summed E-state index contributed by atoms with van der Waals surface area (Å²) >= 11 is 0. The Morgan fingerprint density at radius 1 is 1.32 bits per heavy atom. The summed E-state index contributed by atoms with van der Waals surface area (Å²) in [4.78, 5) is 1.88. The van der Waals surface area contributed by atoms with Crippen molar-refractivity contribution in [2.24, 2.45) is 5.92 Å². The second-order valence-corrected chi connectivity index (χ2v) is 5.20. The van der Waals surface area contributed by atoms with E-state index in [1.807, 2.05) is 4.90 Å². The molecule has 5 heteroatoms. The summed E-state index contributed by atoms with van der Waals surface area (Å²) in [6, 6.07) is 3.14. The van der Waals surface area contributed by atoms with Crippen molar-refractivity contribution < 1.29 is 19.0 Å². The summed E-state index contributed by atoms with van der Waals surface area (Å²) in [5, 5.41) is 18.9. The van der Waals surface area contributed by atoms with Gasteiger partial charge in [-0.2, -0.15) is 0 Å². The van der Waals surface area contributed by atoms with E-state index in [2.05, 4.69) is 0 Å². The van der Waals surface area contributed by atoms with Crippen LogP contribution in [0.2, 0.25) is 0 Å². The fourth-order valence-corrected chi connectivity index (χ4v) is 2.45. The Labute approximate surface area is 111 Å². The summed E-state index contributed by atoms with van der Waals surface area (Å²) in [5.41, 5.74) is 0.595. The van der Waals surface area contributed by atoms with Crippen LogP contribution in [0.25, 0.3) is 0 Å². The maximum absolute atomic E-state index is 13.8. The second-order valence-electron chi connectivity index (χ2n) is 5.20. The van der Waals surface area contributed by atoms with Gasteiger partial charge in [-0.05, 0) is 25.5 Å². The van der Waals surface area contributed by atoms with Crippen LogP contribution in [0.3, 0.4) is 0 Å². The molecule has 1 aliphatic heterocycles. The summed E-state index contributed by atoms with van der Waals surface area (Å²) in [5.74, 6) is -1.72. The van der Waals surface area contributed by atoms with E-state index in [1.54, 1.807) is 12.1 Å². The first kappa shape index (κ1) is 14.4. The minimum Gasteiger partial charge on any atom is -0.396 e. The van der Waals surface area contributed by atoms with E-state index in [-0.39, 0.29) is 19.1 Å². The van der Waals surface area contributed by atoms with Gasteiger partial charge in [0.25, 0.3) is 0 Å². The Balaban J connectivity index is 2.05. The molecule has 1 heterocycles. The molecule has 1 saturated heterocycles. The number of aliphatic hydroxyl groups excluding tert-OH is 2. The second kappa shape index (κ2) is 5.94. The molecule has 1 aromatic carbocycles. The highest BCUT2D eigenvalue weighted by Gasteiger charge is 2.27. The van der Waals surface area contributed by atoms with Crippen molar-refractivity contribution in [3.05, 3.63) is 34.9 Å². The molecule has 0 unspecified atom stereocenters. The van der Waals surface area contributed by atoms with E-state index < -0.39 is 17.7 Å². The first-order valence-electron chi connectivity index (χ1n) is 6.47.